The molecule has 1 amide bonds. The van der Waals surface area contributed by atoms with Gasteiger partial charge in [-0.2, -0.15) is 5.10 Å². The second-order valence-corrected chi connectivity index (χ2v) is 10.3. The molecule has 3 rings (SSSR count). The maximum absolute atomic E-state index is 12.6. The summed E-state index contributed by atoms with van der Waals surface area (Å²) in [6.45, 7) is 9.92. The van der Waals surface area contributed by atoms with E-state index in [1.165, 1.54) is 0 Å². The average Bonchev–Trinajstić information content (AvgIpc) is 3.05. The number of benzene rings is 2. The van der Waals surface area contributed by atoms with Crippen molar-refractivity contribution in [1.82, 2.24) is 9.99 Å². The number of nitrogens with one attached hydrogen (secondary N) is 1. The van der Waals surface area contributed by atoms with E-state index in [4.69, 9.17) is 4.74 Å². The first kappa shape index (κ1) is 26.0. The van der Waals surface area contributed by atoms with E-state index in [2.05, 4.69) is 41.1 Å². The molecule has 0 radical (unpaired) electrons. The standard InChI is InChI=1S/C26H32N4O4S/c1-7-34-24-14-9-8-13-23(24)29(35(6,32)33)17-25(31)28-27-16-22-15-20(4)30(21(22)5)26-18(2)11-10-12-19(26)3/h8-16H,7,17H2,1-6H3,(H,28,31)/b27-16-. The van der Waals surface area contributed by atoms with E-state index in [-0.39, 0.29) is 0 Å². The fourth-order valence-electron chi connectivity index (χ4n) is 4.08. The Kier molecular flexibility index (Phi) is 8.01. The Bertz CT molecular complexity index is 1340. The van der Waals surface area contributed by atoms with E-state index in [0.29, 0.717) is 18.0 Å². The van der Waals surface area contributed by atoms with Crippen molar-refractivity contribution in [2.75, 3.05) is 23.7 Å². The van der Waals surface area contributed by atoms with E-state index < -0.39 is 22.5 Å². The largest absolute Gasteiger partial charge is 0.492 e. The summed E-state index contributed by atoms with van der Waals surface area (Å²) in [7, 11) is -3.74. The molecule has 0 bridgehead atoms. The lowest BCUT2D eigenvalue weighted by atomic mass is 10.1. The maximum atomic E-state index is 12.6. The molecule has 0 aliphatic carbocycles. The van der Waals surface area contributed by atoms with Crippen molar-refractivity contribution in [1.29, 1.82) is 0 Å². The third kappa shape index (κ3) is 5.92. The number of aryl methyl sites for hydroxylation is 3. The molecule has 1 aromatic heterocycles. The van der Waals surface area contributed by atoms with Gasteiger partial charge in [0.2, 0.25) is 10.0 Å². The third-order valence-corrected chi connectivity index (χ3v) is 6.77. The molecule has 0 atom stereocenters. The number of ether oxygens (including phenoxy) is 1. The topological polar surface area (TPSA) is 93.0 Å². The van der Waals surface area contributed by atoms with Crippen LogP contribution in [0.5, 0.6) is 5.75 Å². The number of hydrazone groups is 1. The van der Waals surface area contributed by atoms with Crippen LogP contribution in [0.2, 0.25) is 0 Å². The number of nitrogens with zero attached hydrogens (tertiary/aromatic N) is 3. The van der Waals surface area contributed by atoms with Crippen molar-refractivity contribution in [3.05, 3.63) is 76.6 Å². The Morgan fingerprint density at radius 2 is 1.74 bits per heavy atom. The maximum Gasteiger partial charge on any atom is 0.260 e. The number of hydrogen-bond acceptors (Lipinski definition) is 5. The van der Waals surface area contributed by atoms with Gasteiger partial charge in [-0.3, -0.25) is 9.10 Å². The Morgan fingerprint density at radius 3 is 2.37 bits per heavy atom. The molecule has 3 aromatic rings. The normalized spacial score (nSPS) is 11.6. The minimum Gasteiger partial charge on any atom is -0.492 e. The van der Waals surface area contributed by atoms with Gasteiger partial charge in [0.25, 0.3) is 5.91 Å². The number of sulfonamides is 1. The van der Waals surface area contributed by atoms with E-state index in [1.807, 2.05) is 26.0 Å². The zero-order chi connectivity index (χ0) is 25.8. The molecule has 0 unspecified atom stereocenters. The SMILES string of the molecule is CCOc1ccccc1N(CC(=O)N/N=C\c1cc(C)n(-c2c(C)cccc2C)c1C)S(C)(=O)=O. The van der Waals surface area contributed by atoms with Crippen LogP contribution in [-0.4, -0.2) is 44.5 Å². The first-order chi connectivity index (χ1) is 16.5. The minimum absolute atomic E-state index is 0.299. The van der Waals surface area contributed by atoms with E-state index in [1.54, 1.807) is 37.4 Å². The van der Waals surface area contributed by atoms with Crippen molar-refractivity contribution < 1.29 is 17.9 Å². The van der Waals surface area contributed by atoms with Gasteiger partial charge < -0.3 is 9.30 Å². The lowest BCUT2D eigenvalue weighted by molar-refractivity contribution is -0.119. The minimum atomic E-state index is -3.74. The summed E-state index contributed by atoms with van der Waals surface area (Å²) in [5.74, 6) is -0.183. The van der Waals surface area contributed by atoms with Crippen molar-refractivity contribution >= 4 is 27.8 Å². The van der Waals surface area contributed by atoms with Crippen LogP contribution in [0, 0.1) is 27.7 Å². The van der Waals surface area contributed by atoms with Crippen LogP contribution in [0.15, 0.2) is 53.6 Å². The van der Waals surface area contributed by atoms with Crippen LogP contribution in [0.1, 0.15) is 35.0 Å². The fraction of sp³-hybridized carbons (Fsp3) is 0.308. The van der Waals surface area contributed by atoms with Gasteiger partial charge in [0.05, 0.1) is 30.5 Å². The lowest BCUT2D eigenvalue weighted by Crippen LogP contribution is -2.39. The highest BCUT2D eigenvalue weighted by molar-refractivity contribution is 7.92. The number of anilines is 1. The van der Waals surface area contributed by atoms with Gasteiger partial charge in [-0.15, -0.1) is 0 Å². The highest BCUT2D eigenvalue weighted by Gasteiger charge is 2.24. The van der Waals surface area contributed by atoms with Crippen molar-refractivity contribution in [2.24, 2.45) is 5.10 Å². The Hall–Kier alpha value is -3.59. The highest BCUT2D eigenvalue weighted by Crippen LogP contribution is 2.29. The van der Waals surface area contributed by atoms with E-state index in [9.17, 15) is 13.2 Å². The number of para-hydroxylation sites is 3. The van der Waals surface area contributed by atoms with Gasteiger partial charge in [0, 0.05) is 17.0 Å². The lowest BCUT2D eigenvalue weighted by Gasteiger charge is -2.23. The van der Waals surface area contributed by atoms with Gasteiger partial charge in [0.1, 0.15) is 12.3 Å². The molecule has 0 fully saturated rings. The molecule has 1 heterocycles. The zero-order valence-corrected chi connectivity index (χ0v) is 21.8. The summed E-state index contributed by atoms with van der Waals surface area (Å²) in [6, 6.07) is 14.9. The summed E-state index contributed by atoms with van der Waals surface area (Å²) in [4.78, 5) is 12.6. The summed E-state index contributed by atoms with van der Waals surface area (Å²) >= 11 is 0. The first-order valence-corrected chi connectivity index (χ1v) is 13.2. The summed E-state index contributed by atoms with van der Waals surface area (Å²) in [5, 5.41) is 4.09. The molecule has 2 aromatic carbocycles. The molecule has 0 aliphatic rings. The van der Waals surface area contributed by atoms with Crippen LogP contribution >= 0.6 is 0 Å². The molecule has 35 heavy (non-hydrogen) atoms. The molecule has 0 saturated heterocycles. The molecule has 1 N–H and O–H groups in total. The van der Waals surface area contributed by atoms with Gasteiger partial charge >= 0.3 is 0 Å². The molecular formula is C26H32N4O4S. The molecule has 8 nitrogen and oxygen atoms in total. The van der Waals surface area contributed by atoms with Gasteiger partial charge in [-0.1, -0.05) is 30.3 Å². The molecule has 0 spiro atoms. The smallest absolute Gasteiger partial charge is 0.260 e. The first-order valence-electron chi connectivity index (χ1n) is 11.3. The molecule has 186 valence electrons. The third-order valence-electron chi connectivity index (χ3n) is 5.65. The van der Waals surface area contributed by atoms with Crippen molar-refractivity contribution in [3.63, 3.8) is 0 Å². The van der Waals surface area contributed by atoms with Gasteiger partial charge in [-0.25, -0.2) is 13.8 Å². The average molecular weight is 497 g/mol. The second kappa shape index (κ2) is 10.8. The van der Waals surface area contributed by atoms with Crippen LogP contribution in [-0.2, 0) is 14.8 Å². The Morgan fingerprint density at radius 1 is 1.09 bits per heavy atom. The molecule has 9 heteroatoms. The summed E-state index contributed by atoms with van der Waals surface area (Å²) < 4.78 is 33.6. The number of rotatable bonds is 9. The van der Waals surface area contributed by atoms with Gasteiger partial charge in [0.15, 0.2) is 0 Å². The number of hydrogen-bond donors (Lipinski definition) is 1. The predicted octanol–water partition coefficient (Wildman–Crippen LogP) is 4.03. The summed E-state index contributed by atoms with van der Waals surface area (Å²) in [6.07, 6.45) is 2.62. The number of carbonyl (C=O) groups is 1. The van der Waals surface area contributed by atoms with Crippen LogP contribution < -0.4 is 14.5 Å². The van der Waals surface area contributed by atoms with Crippen LogP contribution in [0.4, 0.5) is 5.69 Å². The van der Waals surface area contributed by atoms with Crippen molar-refractivity contribution in [3.8, 4) is 11.4 Å². The Labute approximate surface area is 207 Å². The van der Waals surface area contributed by atoms with E-state index >= 15 is 0 Å². The molecule has 0 saturated carbocycles. The highest BCUT2D eigenvalue weighted by atomic mass is 32.2. The van der Waals surface area contributed by atoms with Crippen molar-refractivity contribution in [2.45, 2.75) is 34.6 Å². The number of amides is 1. The quantitative estimate of drug-likeness (QED) is 0.358. The van der Waals surface area contributed by atoms with Crippen LogP contribution in [0.25, 0.3) is 5.69 Å². The monoisotopic (exact) mass is 496 g/mol. The molecule has 0 aliphatic heterocycles. The summed E-state index contributed by atoms with van der Waals surface area (Å²) in [5.41, 5.74) is 9.09. The number of carbonyl (C=O) groups excluding carboxylic acids is 1. The van der Waals surface area contributed by atoms with E-state index in [0.717, 1.165) is 44.3 Å². The fourth-order valence-corrected chi connectivity index (χ4v) is 4.94. The zero-order valence-electron chi connectivity index (χ0n) is 21.0. The molecular weight excluding hydrogens is 464 g/mol. The predicted molar refractivity (Wildman–Crippen MR) is 140 cm³/mol. The number of aromatic nitrogens is 1. The second-order valence-electron chi connectivity index (χ2n) is 8.37. The Balaban J connectivity index is 1.80. The van der Waals surface area contributed by atoms with Crippen LogP contribution in [0.3, 0.4) is 0 Å². The van der Waals surface area contributed by atoms with Gasteiger partial charge in [-0.05, 0) is 63.9 Å².